The summed E-state index contributed by atoms with van der Waals surface area (Å²) >= 11 is 0. The minimum absolute atomic E-state index is 0.0252. The van der Waals surface area contributed by atoms with E-state index in [1.807, 2.05) is 6.07 Å². The van der Waals surface area contributed by atoms with Gasteiger partial charge in [-0.2, -0.15) is 13.2 Å². The van der Waals surface area contributed by atoms with Crippen molar-refractivity contribution in [2.24, 2.45) is 5.92 Å². The smallest absolute Gasteiger partial charge is 0.348 e. The normalized spacial score (nSPS) is 16.1. The van der Waals surface area contributed by atoms with Crippen LogP contribution in [0.3, 0.4) is 0 Å². The molecule has 0 saturated heterocycles. The molecule has 37 heavy (non-hydrogen) atoms. The van der Waals surface area contributed by atoms with Crippen LogP contribution in [0.1, 0.15) is 58.2 Å². The van der Waals surface area contributed by atoms with Gasteiger partial charge < -0.3 is 5.32 Å². The second kappa shape index (κ2) is 10.3. The Morgan fingerprint density at radius 2 is 1.70 bits per heavy atom. The molecular formula is C27H28F3N3O3S. The highest BCUT2D eigenvalue weighted by Crippen LogP contribution is 2.39. The van der Waals surface area contributed by atoms with Crippen LogP contribution in [0, 0.1) is 5.92 Å². The maximum atomic E-state index is 12.9. The minimum atomic E-state index is -4.37. The number of alkyl halides is 3. The summed E-state index contributed by atoms with van der Waals surface area (Å²) in [5, 5.41) is 2.83. The third-order valence-corrected chi connectivity index (χ3v) is 7.54. The topological polar surface area (TPSA) is 79.4 Å². The zero-order valence-electron chi connectivity index (χ0n) is 20.7. The fourth-order valence-electron chi connectivity index (χ4n) is 4.59. The van der Waals surface area contributed by atoms with Crippen molar-refractivity contribution < 1.29 is 26.4 Å². The predicted molar refractivity (Wildman–Crippen MR) is 133 cm³/mol. The molecule has 0 bridgehead atoms. The first kappa shape index (κ1) is 26.8. The van der Waals surface area contributed by atoms with Gasteiger partial charge in [0.2, 0.25) is 0 Å². The molecule has 0 aliphatic carbocycles. The molecule has 0 fully saturated rings. The Morgan fingerprint density at radius 3 is 2.27 bits per heavy atom. The molecule has 0 saturated carbocycles. The van der Waals surface area contributed by atoms with E-state index in [-0.39, 0.29) is 29.3 Å². The van der Waals surface area contributed by atoms with Crippen LogP contribution in [0.15, 0.2) is 65.7 Å². The molecule has 2 heterocycles. The number of rotatable bonds is 7. The number of amides is 1. The van der Waals surface area contributed by atoms with Crippen LogP contribution in [0.5, 0.6) is 0 Å². The van der Waals surface area contributed by atoms with Crippen LogP contribution in [0.2, 0.25) is 0 Å². The van der Waals surface area contributed by atoms with Gasteiger partial charge in [-0.15, -0.1) is 0 Å². The van der Waals surface area contributed by atoms with E-state index < -0.39 is 21.6 Å². The summed E-state index contributed by atoms with van der Waals surface area (Å²) in [5.41, 5.74) is 3.05. The number of pyridine rings is 1. The van der Waals surface area contributed by atoms with E-state index in [0.717, 1.165) is 40.8 Å². The third kappa shape index (κ3) is 6.19. The lowest BCUT2D eigenvalue weighted by atomic mass is 9.99. The molecule has 6 nitrogen and oxygen atoms in total. The Morgan fingerprint density at radius 1 is 1.08 bits per heavy atom. The minimum Gasteiger partial charge on any atom is -0.348 e. The molecule has 0 spiro atoms. The number of fused-ring (bicyclic) bond motifs is 1. The molecule has 1 aliphatic heterocycles. The Bertz CT molecular complexity index is 1390. The quantitative estimate of drug-likeness (QED) is 0.456. The van der Waals surface area contributed by atoms with Crippen LogP contribution in [0.25, 0.3) is 0 Å². The standard InChI is InChI=1S/C27H28F3N3O3S/c1-17(2)25-24-21(16-33(25)15-19-4-8-22(9-5-19)27(28,29)30)12-20(14-31-24)26(34)32-13-18-6-10-23(11-7-18)37(3,35)36/h4-12,14,17,25H,13,15-16H2,1-3H3,(H,32,34). The van der Waals surface area contributed by atoms with Crippen molar-refractivity contribution in [3.63, 3.8) is 0 Å². The molecule has 1 unspecified atom stereocenters. The van der Waals surface area contributed by atoms with Gasteiger partial charge in [0.15, 0.2) is 9.84 Å². The first-order valence-electron chi connectivity index (χ1n) is 11.8. The highest BCUT2D eigenvalue weighted by Gasteiger charge is 2.35. The van der Waals surface area contributed by atoms with Gasteiger partial charge in [0.1, 0.15) is 0 Å². The van der Waals surface area contributed by atoms with Gasteiger partial charge >= 0.3 is 6.18 Å². The molecule has 196 valence electrons. The van der Waals surface area contributed by atoms with Crippen molar-refractivity contribution in [2.45, 2.75) is 50.6 Å². The van der Waals surface area contributed by atoms with E-state index in [4.69, 9.17) is 0 Å². The lowest BCUT2D eigenvalue weighted by Crippen LogP contribution is -2.25. The van der Waals surface area contributed by atoms with E-state index in [1.54, 1.807) is 12.1 Å². The maximum Gasteiger partial charge on any atom is 0.416 e. The SMILES string of the molecule is CC(C)C1c2ncc(C(=O)NCc3ccc(S(C)(=O)=O)cc3)cc2CN1Cc1ccc(C(F)(F)F)cc1. The molecule has 4 rings (SSSR count). The van der Waals surface area contributed by atoms with Gasteiger partial charge in [-0.1, -0.05) is 38.1 Å². The van der Waals surface area contributed by atoms with Crippen molar-refractivity contribution in [1.82, 2.24) is 15.2 Å². The number of halogens is 3. The fraction of sp³-hybridized carbons (Fsp3) is 0.333. The number of nitrogens with zero attached hydrogens (tertiary/aromatic N) is 2. The Labute approximate surface area is 214 Å². The van der Waals surface area contributed by atoms with E-state index in [9.17, 15) is 26.4 Å². The molecule has 0 radical (unpaired) electrons. The molecule has 1 aliphatic rings. The summed E-state index contributed by atoms with van der Waals surface area (Å²) in [6.45, 7) is 5.35. The first-order chi connectivity index (χ1) is 17.3. The number of sulfone groups is 1. The predicted octanol–water partition coefficient (Wildman–Crippen LogP) is 5.15. The second-order valence-corrected chi connectivity index (χ2v) is 11.7. The highest BCUT2D eigenvalue weighted by atomic mass is 32.2. The highest BCUT2D eigenvalue weighted by molar-refractivity contribution is 7.90. The number of aromatic nitrogens is 1. The van der Waals surface area contributed by atoms with Crippen molar-refractivity contribution in [3.05, 3.63) is 94.3 Å². The number of hydrogen-bond acceptors (Lipinski definition) is 5. The Hall–Kier alpha value is -3.24. The number of nitrogens with one attached hydrogen (secondary N) is 1. The Balaban J connectivity index is 1.45. The van der Waals surface area contributed by atoms with Crippen LogP contribution in [-0.4, -0.2) is 30.5 Å². The molecule has 1 N–H and O–H groups in total. The van der Waals surface area contributed by atoms with E-state index >= 15 is 0 Å². The van der Waals surface area contributed by atoms with Crippen molar-refractivity contribution >= 4 is 15.7 Å². The lowest BCUT2D eigenvalue weighted by Gasteiger charge is -2.27. The van der Waals surface area contributed by atoms with Crippen molar-refractivity contribution in [1.29, 1.82) is 0 Å². The summed E-state index contributed by atoms with van der Waals surface area (Å²) in [6.07, 6.45) is -1.69. The second-order valence-electron chi connectivity index (χ2n) is 9.66. The Kier molecular flexibility index (Phi) is 7.43. The van der Waals surface area contributed by atoms with Crippen molar-refractivity contribution in [2.75, 3.05) is 6.26 Å². The molecule has 1 aromatic heterocycles. The van der Waals surface area contributed by atoms with E-state index in [0.29, 0.717) is 18.7 Å². The summed E-state index contributed by atoms with van der Waals surface area (Å²) in [7, 11) is -3.29. The summed E-state index contributed by atoms with van der Waals surface area (Å²) < 4.78 is 61.9. The first-order valence-corrected chi connectivity index (χ1v) is 13.7. The van der Waals surface area contributed by atoms with Crippen LogP contribution < -0.4 is 5.32 Å². The summed E-state index contributed by atoms with van der Waals surface area (Å²) in [4.78, 5) is 19.8. The molecule has 1 atom stereocenters. The zero-order valence-corrected chi connectivity index (χ0v) is 21.5. The number of hydrogen-bond donors (Lipinski definition) is 1. The largest absolute Gasteiger partial charge is 0.416 e. The molecular weight excluding hydrogens is 503 g/mol. The maximum absolute atomic E-state index is 12.9. The number of carbonyl (C=O) groups excluding carboxylic acids is 1. The van der Waals surface area contributed by atoms with Crippen LogP contribution >= 0.6 is 0 Å². The summed E-state index contributed by atoms with van der Waals surface area (Å²) in [5.74, 6) is -0.0949. The van der Waals surface area contributed by atoms with Crippen LogP contribution in [-0.2, 0) is 35.6 Å². The van der Waals surface area contributed by atoms with Crippen molar-refractivity contribution in [3.8, 4) is 0 Å². The van der Waals surface area contributed by atoms with Gasteiger partial charge in [0.25, 0.3) is 5.91 Å². The van der Waals surface area contributed by atoms with Crippen LogP contribution in [0.4, 0.5) is 13.2 Å². The average molecular weight is 532 g/mol. The summed E-state index contributed by atoms with van der Waals surface area (Å²) in [6, 6.07) is 13.3. The number of benzene rings is 2. The van der Waals surface area contributed by atoms with Gasteiger partial charge in [-0.3, -0.25) is 14.7 Å². The molecule has 2 aromatic carbocycles. The molecule has 1 amide bonds. The lowest BCUT2D eigenvalue weighted by molar-refractivity contribution is -0.137. The third-order valence-electron chi connectivity index (χ3n) is 6.41. The fourth-order valence-corrected chi connectivity index (χ4v) is 5.22. The van der Waals surface area contributed by atoms with Gasteiger partial charge in [0, 0.05) is 32.1 Å². The molecule has 10 heteroatoms. The van der Waals surface area contributed by atoms with Gasteiger partial charge in [-0.05, 0) is 52.9 Å². The average Bonchev–Trinajstić information content (AvgIpc) is 3.19. The van der Waals surface area contributed by atoms with E-state index in [2.05, 4.69) is 29.0 Å². The number of carbonyl (C=O) groups is 1. The van der Waals surface area contributed by atoms with Gasteiger partial charge in [0.05, 0.1) is 27.8 Å². The zero-order chi connectivity index (χ0) is 27.0. The van der Waals surface area contributed by atoms with Gasteiger partial charge in [-0.25, -0.2) is 8.42 Å². The monoisotopic (exact) mass is 531 g/mol. The van der Waals surface area contributed by atoms with E-state index in [1.165, 1.54) is 30.5 Å². The molecule has 3 aromatic rings.